The summed E-state index contributed by atoms with van der Waals surface area (Å²) in [6, 6.07) is 1.79. The Morgan fingerprint density at radius 3 is 1.87 bits per heavy atom. The zero-order chi connectivity index (χ0) is 17.5. The van der Waals surface area contributed by atoms with Gasteiger partial charge in [-0.25, -0.2) is 9.59 Å². The number of hydrogen-bond acceptors (Lipinski definition) is 7. The first kappa shape index (κ1) is 15.6. The number of phenolic OH excluding ortho intramolecular Hbond substituents is 1. The minimum absolute atomic E-state index is 0.498. The number of fused-ring (bicyclic) bond motifs is 1. The Balaban J connectivity index is 3.14. The summed E-state index contributed by atoms with van der Waals surface area (Å²) in [7, 11) is 0. The van der Waals surface area contributed by atoms with Gasteiger partial charge in [0.1, 0.15) is 0 Å². The molecule has 0 unspecified atom stereocenters. The fraction of sp³-hybridized carbons (Fsp3) is 0. The molecule has 2 aromatic carbocycles. The van der Waals surface area contributed by atoms with Crippen molar-refractivity contribution in [3.05, 3.63) is 49.6 Å². The van der Waals surface area contributed by atoms with Crippen LogP contribution in [0.1, 0.15) is 20.7 Å². The summed E-state index contributed by atoms with van der Waals surface area (Å²) in [5.74, 6) is -4.43. The number of aromatic carboxylic acids is 2. The smallest absolute Gasteiger partial charge is 0.336 e. The van der Waals surface area contributed by atoms with Gasteiger partial charge in [0.15, 0.2) is 0 Å². The zero-order valence-corrected chi connectivity index (χ0v) is 10.9. The Morgan fingerprint density at radius 1 is 0.913 bits per heavy atom. The Morgan fingerprint density at radius 2 is 1.43 bits per heavy atom. The molecule has 3 N–H and O–H groups in total. The number of hydrogen-bond donors (Lipinski definition) is 3. The first-order valence-electron chi connectivity index (χ1n) is 5.74. The predicted molar refractivity (Wildman–Crippen MR) is 72.8 cm³/mol. The van der Waals surface area contributed by atoms with Gasteiger partial charge in [0, 0.05) is 29.0 Å². The predicted octanol–water partition coefficient (Wildman–Crippen LogP) is 1.76. The highest BCUT2D eigenvalue weighted by Crippen LogP contribution is 2.40. The molecule has 0 radical (unpaired) electrons. The molecule has 0 saturated heterocycles. The highest BCUT2D eigenvalue weighted by Gasteiger charge is 2.28. The van der Waals surface area contributed by atoms with E-state index in [9.17, 15) is 34.9 Å². The maximum absolute atomic E-state index is 11.3. The number of nitro groups is 2. The quantitative estimate of drug-likeness (QED) is 0.557. The molecule has 11 heteroatoms. The number of nitrogens with zero attached hydrogens (tertiary/aromatic N) is 2. The van der Waals surface area contributed by atoms with Gasteiger partial charge in [-0.1, -0.05) is 0 Å². The lowest BCUT2D eigenvalue weighted by atomic mass is 9.96. The van der Waals surface area contributed by atoms with Crippen molar-refractivity contribution in [3.63, 3.8) is 0 Å². The molecule has 11 nitrogen and oxygen atoms in total. The molecule has 0 aromatic heterocycles. The van der Waals surface area contributed by atoms with Gasteiger partial charge < -0.3 is 15.3 Å². The number of rotatable bonds is 4. The van der Waals surface area contributed by atoms with Crippen LogP contribution in [0.2, 0.25) is 0 Å². The Hall–Kier alpha value is -3.76. The van der Waals surface area contributed by atoms with Gasteiger partial charge in [-0.3, -0.25) is 20.2 Å². The van der Waals surface area contributed by atoms with Crippen molar-refractivity contribution < 1.29 is 34.8 Å². The maximum Gasteiger partial charge on any atom is 0.336 e. The summed E-state index contributed by atoms with van der Waals surface area (Å²) in [6.45, 7) is 0. The molecule has 2 rings (SSSR count). The second-order valence-corrected chi connectivity index (χ2v) is 4.33. The van der Waals surface area contributed by atoms with Crippen LogP contribution in [0.3, 0.4) is 0 Å². The summed E-state index contributed by atoms with van der Waals surface area (Å²) < 4.78 is 0. The molecule has 0 aliphatic heterocycles. The molecule has 0 spiro atoms. The molecule has 0 atom stereocenters. The second-order valence-electron chi connectivity index (χ2n) is 4.33. The van der Waals surface area contributed by atoms with Gasteiger partial charge >= 0.3 is 17.6 Å². The third kappa shape index (κ3) is 2.46. The molecule has 0 amide bonds. The van der Waals surface area contributed by atoms with Crippen molar-refractivity contribution in [1.29, 1.82) is 0 Å². The van der Waals surface area contributed by atoms with Gasteiger partial charge in [-0.05, 0) is 0 Å². The van der Waals surface area contributed by atoms with Crippen LogP contribution in [0, 0.1) is 20.2 Å². The Labute approximate surface area is 125 Å². The van der Waals surface area contributed by atoms with Crippen LogP contribution in [-0.4, -0.2) is 37.1 Å². The molecular weight excluding hydrogens is 316 g/mol. The molecule has 0 heterocycles. The average Bonchev–Trinajstić information content (AvgIpc) is 2.45. The lowest BCUT2D eigenvalue weighted by Gasteiger charge is -2.09. The third-order valence-electron chi connectivity index (χ3n) is 3.04. The minimum atomic E-state index is -1.69. The molecule has 0 bridgehead atoms. The number of aromatic hydroxyl groups is 1. The van der Waals surface area contributed by atoms with E-state index < -0.39 is 60.8 Å². The van der Waals surface area contributed by atoms with Crippen molar-refractivity contribution in [2.75, 3.05) is 0 Å². The molecule has 2 aromatic rings. The number of phenols is 1. The largest absolute Gasteiger partial charge is 0.502 e. The van der Waals surface area contributed by atoms with Crippen molar-refractivity contribution >= 4 is 34.1 Å². The van der Waals surface area contributed by atoms with Gasteiger partial charge in [0.05, 0.1) is 21.0 Å². The summed E-state index contributed by atoms with van der Waals surface area (Å²) in [6.07, 6.45) is 0. The summed E-state index contributed by atoms with van der Waals surface area (Å²) >= 11 is 0. The highest BCUT2D eigenvalue weighted by molar-refractivity contribution is 6.15. The zero-order valence-electron chi connectivity index (χ0n) is 10.9. The average molecular weight is 322 g/mol. The molecule has 0 fully saturated rings. The van der Waals surface area contributed by atoms with Crippen molar-refractivity contribution in [2.45, 2.75) is 0 Å². The van der Waals surface area contributed by atoms with Crippen molar-refractivity contribution in [2.24, 2.45) is 0 Å². The van der Waals surface area contributed by atoms with Crippen molar-refractivity contribution in [1.82, 2.24) is 0 Å². The molecule has 0 saturated carbocycles. The van der Waals surface area contributed by atoms with Crippen molar-refractivity contribution in [3.8, 4) is 5.75 Å². The Bertz CT molecular complexity index is 883. The summed E-state index contributed by atoms with van der Waals surface area (Å²) in [5, 5.41) is 48.7. The number of carboxylic acids is 2. The van der Waals surface area contributed by atoms with Crippen LogP contribution in [0.25, 0.3) is 10.8 Å². The van der Waals surface area contributed by atoms with E-state index in [1.165, 1.54) is 0 Å². The van der Waals surface area contributed by atoms with Crippen LogP contribution < -0.4 is 0 Å². The van der Waals surface area contributed by atoms with E-state index in [1.807, 2.05) is 0 Å². The Kier molecular flexibility index (Phi) is 3.54. The third-order valence-corrected chi connectivity index (χ3v) is 3.04. The summed E-state index contributed by atoms with van der Waals surface area (Å²) in [5.41, 5.74) is -3.30. The lowest BCUT2D eigenvalue weighted by molar-refractivity contribution is -0.385. The monoisotopic (exact) mass is 322 g/mol. The second kappa shape index (κ2) is 5.22. The molecular formula is C12H6N2O9. The first-order chi connectivity index (χ1) is 10.6. The lowest BCUT2D eigenvalue weighted by Crippen LogP contribution is -2.06. The van der Waals surface area contributed by atoms with E-state index in [4.69, 9.17) is 10.2 Å². The SMILES string of the molecule is O=C(O)c1cc([N+](=O)[O-])cc2c(O)c([N+](=O)[O-])cc(C(=O)O)c12. The number of non-ortho nitro benzene ring substituents is 1. The molecule has 0 aliphatic rings. The van der Waals surface area contributed by atoms with E-state index in [0.717, 1.165) is 0 Å². The van der Waals surface area contributed by atoms with E-state index >= 15 is 0 Å². The van der Waals surface area contributed by atoms with Crippen LogP contribution in [0.5, 0.6) is 5.75 Å². The molecule has 23 heavy (non-hydrogen) atoms. The number of carbonyl (C=O) groups is 2. The van der Waals surface area contributed by atoms with E-state index in [0.29, 0.717) is 18.2 Å². The molecule has 0 aliphatic carbocycles. The molecule has 118 valence electrons. The summed E-state index contributed by atoms with van der Waals surface area (Å²) in [4.78, 5) is 42.2. The van der Waals surface area contributed by atoms with E-state index in [-0.39, 0.29) is 0 Å². The normalized spacial score (nSPS) is 10.4. The fourth-order valence-electron chi connectivity index (χ4n) is 2.10. The first-order valence-corrected chi connectivity index (χ1v) is 5.74. The maximum atomic E-state index is 11.3. The topological polar surface area (TPSA) is 181 Å². The van der Waals surface area contributed by atoms with Gasteiger partial charge in [-0.2, -0.15) is 0 Å². The number of carboxylic acid groups (broad SMARTS) is 2. The van der Waals surface area contributed by atoms with E-state index in [2.05, 4.69) is 0 Å². The van der Waals surface area contributed by atoms with Crippen LogP contribution >= 0.6 is 0 Å². The van der Waals surface area contributed by atoms with Gasteiger partial charge in [0.2, 0.25) is 5.75 Å². The minimum Gasteiger partial charge on any atom is -0.502 e. The number of benzene rings is 2. The fourth-order valence-corrected chi connectivity index (χ4v) is 2.10. The van der Waals surface area contributed by atoms with E-state index in [1.54, 1.807) is 0 Å². The van der Waals surface area contributed by atoms with Crippen LogP contribution in [-0.2, 0) is 0 Å². The van der Waals surface area contributed by atoms with Crippen LogP contribution in [0.4, 0.5) is 11.4 Å². The van der Waals surface area contributed by atoms with Gasteiger partial charge in [0.25, 0.3) is 5.69 Å². The highest BCUT2D eigenvalue weighted by atomic mass is 16.6. The van der Waals surface area contributed by atoms with Gasteiger partial charge in [-0.15, -0.1) is 0 Å². The standard InChI is InChI=1S/C12H6N2O9/c15-10-5-1-4(13(20)21)2-6(11(16)17)9(5)7(12(18)19)3-8(10)14(22)23/h1-3,15H,(H,16,17)(H,18,19). The number of nitro benzene ring substituents is 2. The van der Waals surface area contributed by atoms with Crippen LogP contribution in [0.15, 0.2) is 18.2 Å².